The molecule has 1 rings (SSSR count). The van der Waals surface area contributed by atoms with Crippen LogP contribution in [0.5, 0.6) is 0 Å². The first-order valence-electron chi connectivity index (χ1n) is 4.54. The van der Waals surface area contributed by atoms with Gasteiger partial charge in [-0.1, -0.05) is 0 Å². The lowest BCUT2D eigenvalue weighted by Gasteiger charge is -2.02. The number of halogens is 1. The van der Waals surface area contributed by atoms with Gasteiger partial charge in [0, 0.05) is 36.8 Å². The molecule has 1 aromatic rings. The third-order valence-electron chi connectivity index (χ3n) is 1.68. The highest BCUT2D eigenvalue weighted by atomic mass is 35.5. The molecule has 1 N–H and O–H groups in total. The SMILES string of the molecule is O=C(CCCCl)NCCc1nccs1. The molecule has 1 amide bonds. The van der Waals surface area contributed by atoms with E-state index in [4.69, 9.17) is 11.6 Å². The van der Waals surface area contributed by atoms with Crippen molar-refractivity contribution in [3.63, 3.8) is 0 Å². The minimum absolute atomic E-state index is 0.0715. The first-order valence-corrected chi connectivity index (χ1v) is 5.95. The second-order valence-electron chi connectivity index (χ2n) is 2.82. The van der Waals surface area contributed by atoms with Gasteiger partial charge in [-0.15, -0.1) is 22.9 Å². The van der Waals surface area contributed by atoms with Crippen molar-refractivity contribution >= 4 is 28.8 Å². The van der Waals surface area contributed by atoms with Crippen LogP contribution in [0.2, 0.25) is 0 Å². The Morgan fingerprint density at radius 1 is 1.64 bits per heavy atom. The summed E-state index contributed by atoms with van der Waals surface area (Å²) in [5.41, 5.74) is 0. The molecule has 1 heterocycles. The molecule has 0 atom stereocenters. The Labute approximate surface area is 92.5 Å². The van der Waals surface area contributed by atoms with Crippen LogP contribution < -0.4 is 5.32 Å². The predicted molar refractivity (Wildman–Crippen MR) is 58.8 cm³/mol. The van der Waals surface area contributed by atoms with Crippen LogP contribution in [0.4, 0.5) is 0 Å². The van der Waals surface area contributed by atoms with Gasteiger partial charge in [0.25, 0.3) is 0 Å². The number of alkyl halides is 1. The summed E-state index contributed by atoms with van der Waals surface area (Å²) in [4.78, 5) is 15.3. The van der Waals surface area contributed by atoms with Crippen LogP contribution in [-0.2, 0) is 11.2 Å². The van der Waals surface area contributed by atoms with E-state index in [9.17, 15) is 4.79 Å². The summed E-state index contributed by atoms with van der Waals surface area (Å²) in [5.74, 6) is 0.613. The van der Waals surface area contributed by atoms with Crippen molar-refractivity contribution in [1.29, 1.82) is 0 Å². The van der Waals surface area contributed by atoms with Crippen molar-refractivity contribution in [1.82, 2.24) is 10.3 Å². The van der Waals surface area contributed by atoms with Gasteiger partial charge in [-0.2, -0.15) is 0 Å². The second-order valence-corrected chi connectivity index (χ2v) is 4.18. The van der Waals surface area contributed by atoms with E-state index in [0.717, 1.165) is 17.8 Å². The highest BCUT2D eigenvalue weighted by molar-refractivity contribution is 7.09. The molecular weight excluding hydrogens is 220 g/mol. The van der Waals surface area contributed by atoms with Crippen LogP contribution >= 0.6 is 22.9 Å². The summed E-state index contributed by atoms with van der Waals surface area (Å²) in [7, 11) is 0. The van der Waals surface area contributed by atoms with Gasteiger partial charge in [-0.3, -0.25) is 4.79 Å². The Bertz CT molecular complexity index is 264. The molecule has 0 aliphatic carbocycles. The first-order chi connectivity index (χ1) is 6.83. The molecular formula is C9H13ClN2OS. The first kappa shape index (κ1) is 11.5. The molecule has 0 fully saturated rings. The molecule has 0 saturated carbocycles. The molecule has 78 valence electrons. The van der Waals surface area contributed by atoms with Gasteiger partial charge >= 0.3 is 0 Å². The number of thiazole rings is 1. The van der Waals surface area contributed by atoms with Crippen LogP contribution in [0.15, 0.2) is 11.6 Å². The monoisotopic (exact) mass is 232 g/mol. The maximum Gasteiger partial charge on any atom is 0.220 e. The second kappa shape index (κ2) is 6.79. The number of aromatic nitrogens is 1. The quantitative estimate of drug-likeness (QED) is 0.761. The largest absolute Gasteiger partial charge is 0.356 e. The Kier molecular flexibility index (Phi) is 5.56. The summed E-state index contributed by atoms with van der Waals surface area (Å²) in [6.07, 6.45) is 3.84. The van der Waals surface area contributed by atoms with E-state index in [1.54, 1.807) is 17.5 Å². The summed E-state index contributed by atoms with van der Waals surface area (Å²) < 4.78 is 0. The van der Waals surface area contributed by atoms with Gasteiger partial charge in [-0.25, -0.2) is 4.98 Å². The Hall–Kier alpha value is -0.610. The molecule has 0 saturated heterocycles. The number of nitrogens with one attached hydrogen (secondary N) is 1. The van der Waals surface area contributed by atoms with E-state index >= 15 is 0 Å². The van der Waals surface area contributed by atoms with Crippen molar-refractivity contribution in [3.05, 3.63) is 16.6 Å². The zero-order valence-electron chi connectivity index (χ0n) is 7.83. The normalized spacial score (nSPS) is 10.1. The zero-order chi connectivity index (χ0) is 10.2. The smallest absolute Gasteiger partial charge is 0.220 e. The maximum absolute atomic E-state index is 11.1. The summed E-state index contributed by atoms with van der Waals surface area (Å²) in [6.45, 7) is 0.661. The highest BCUT2D eigenvalue weighted by Crippen LogP contribution is 2.03. The van der Waals surface area contributed by atoms with E-state index in [1.165, 1.54) is 0 Å². The Morgan fingerprint density at radius 3 is 3.14 bits per heavy atom. The van der Waals surface area contributed by atoms with Crippen molar-refractivity contribution < 1.29 is 4.79 Å². The fraction of sp³-hybridized carbons (Fsp3) is 0.556. The van der Waals surface area contributed by atoms with Gasteiger partial charge in [0.15, 0.2) is 0 Å². The third-order valence-corrected chi connectivity index (χ3v) is 2.79. The van der Waals surface area contributed by atoms with E-state index in [1.807, 2.05) is 5.38 Å². The summed E-state index contributed by atoms with van der Waals surface area (Å²) in [5, 5.41) is 5.82. The van der Waals surface area contributed by atoms with E-state index in [-0.39, 0.29) is 5.91 Å². The Morgan fingerprint density at radius 2 is 2.50 bits per heavy atom. The number of amides is 1. The van der Waals surface area contributed by atoms with Gasteiger partial charge < -0.3 is 5.32 Å². The average Bonchev–Trinajstić information content (AvgIpc) is 2.67. The van der Waals surface area contributed by atoms with E-state index in [2.05, 4.69) is 10.3 Å². The van der Waals surface area contributed by atoms with E-state index < -0.39 is 0 Å². The standard InChI is InChI=1S/C9H13ClN2OS/c10-4-1-2-8(13)11-5-3-9-12-6-7-14-9/h6-7H,1-5H2,(H,11,13). The topological polar surface area (TPSA) is 42.0 Å². The van der Waals surface area contributed by atoms with Crippen LogP contribution in [0.1, 0.15) is 17.8 Å². The summed E-state index contributed by atoms with van der Waals surface area (Å²) >= 11 is 7.08. The molecule has 0 aliphatic heterocycles. The number of rotatable bonds is 6. The highest BCUT2D eigenvalue weighted by Gasteiger charge is 2.00. The number of carbonyl (C=O) groups is 1. The lowest BCUT2D eigenvalue weighted by molar-refractivity contribution is -0.121. The van der Waals surface area contributed by atoms with Gasteiger partial charge in [0.1, 0.15) is 0 Å². The summed E-state index contributed by atoms with van der Waals surface area (Å²) in [6, 6.07) is 0. The van der Waals surface area contributed by atoms with Crippen molar-refractivity contribution in [3.8, 4) is 0 Å². The molecule has 0 spiro atoms. The predicted octanol–water partition coefficient (Wildman–Crippen LogP) is 1.82. The van der Waals surface area contributed by atoms with Crippen LogP contribution in [-0.4, -0.2) is 23.3 Å². The molecule has 1 aromatic heterocycles. The molecule has 14 heavy (non-hydrogen) atoms. The molecule has 0 unspecified atom stereocenters. The minimum Gasteiger partial charge on any atom is -0.356 e. The van der Waals surface area contributed by atoms with E-state index in [0.29, 0.717) is 18.8 Å². The van der Waals surface area contributed by atoms with Crippen molar-refractivity contribution in [2.45, 2.75) is 19.3 Å². The number of nitrogens with zero attached hydrogens (tertiary/aromatic N) is 1. The maximum atomic E-state index is 11.1. The molecule has 3 nitrogen and oxygen atoms in total. The fourth-order valence-electron chi connectivity index (χ4n) is 1.00. The molecule has 5 heteroatoms. The zero-order valence-corrected chi connectivity index (χ0v) is 9.40. The van der Waals surface area contributed by atoms with Crippen LogP contribution in [0.25, 0.3) is 0 Å². The molecule has 0 radical (unpaired) electrons. The fourth-order valence-corrected chi connectivity index (χ4v) is 1.76. The van der Waals surface area contributed by atoms with Gasteiger partial charge in [0.05, 0.1) is 5.01 Å². The number of hydrogen-bond acceptors (Lipinski definition) is 3. The van der Waals surface area contributed by atoms with Gasteiger partial charge in [0.2, 0.25) is 5.91 Å². The number of carbonyl (C=O) groups excluding carboxylic acids is 1. The van der Waals surface area contributed by atoms with Crippen LogP contribution in [0, 0.1) is 0 Å². The Balaban J connectivity index is 2.06. The molecule has 0 aromatic carbocycles. The molecule has 0 aliphatic rings. The number of hydrogen-bond donors (Lipinski definition) is 1. The third kappa shape index (κ3) is 4.58. The lowest BCUT2D eigenvalue weighted by Crippen LogP contribution is -2.25. The van der Waals surface area contributed by atoms with Crippen molar-refractivity contribution in [2.24, 2.45) is 0 Å². The van der Waals surface area contributed by atoms with Crippen molar-refractivity contribution in [2.75, 3.05) is 12.4 Å². The molecule has 0 bridgehead atoms. The lowest BCUT2D eigenvalue weighted by atomic mass is 10.3. The average molecular weight is 233 g/mol. The van der Waals surface area contributed by atoms with Gasteiger partial charge in [-0.05, 0) is 6.42 Å². The minimum atomic E-state index is 0.0715. The van der Waals surface area contributed by atoms with Crippen LogP contribution in [0.3, 0.4) is 0 Å².